The van der Waals surface area contributed by atoms with Crippen LogP contribution in [0.5, 0.6) is 0 Å². The molecule has 1 saturated heterocycles. The predicted octanol–water partition coefficient (Wildman–Crippen LogP) is 1.22. The lowest BCUT2D eigenvalue weighted by molar-refractivity contribution is -0.133. The summed E-state index contributed by atoms with van der Waals surface area (Å²) in [6, 6.07) is 2.93. The SMILES string of the molecule is CCCCN(C(=O)CCNC(=O)c1ccco1)C1CCS(=O)(=O)C1. The van der Waals surface area contributed by atoms with Crippen molar-refractivity contribution in [2.75, 3.05) is 24.6 Å². The fourth-order valence-corrected chi connectivity index (χ4v) is 4.51. The number of nitrogens with one attached hydrogen (secondary N) is 1. The molecule has 0 spiro atoms. The van der Waals surface area contributed by atoms with Crippen LogP contribution < -0.4 is 5.32 Å². The molecular weight excluding hydrogens is 332 g/mol. The Morgan fingerprint density at radius 1 is 1.42 bits per heavy atom. The van der Waals surface area contributed by atoms with E-state index in [9.17, 15) is 18.0 Å². The van der Waals surface area contributed by atoms with E-state index in [1.165, 1.54) is 6.26 Å². The van der Waals surface area contributed by atoms with E-state index in [0.717, 1.165) is 12.8 Å². The monoisotopic (exact) mass is 356 g/mol. The molecule has 1 atom stereocenters. The number of sulfone groups is 1. The van der Waals surface area contributed by atoms with Crippen molar-refractivity contribution < 1.29 is 22.4 Å². The molecule has 134 valence electrons. The van der Waals surface area contributed by atoms with Crippen molar-refractivity contribution >= 4 is 21.7 Å². The van der Waals surface area contributed by atoms with Crippen LogP contribution in [0.4, 0.5) is 0 Å². The minimum atomic E-state index is -3.04. The predicted molar refractivity (Wildman–Crippen MR) is 89.3 cm³/mol. The van der Waals surface area contributed by atoms with Gasteiger partial charge in [0.2, 0.25) is 5.91 Å². The highest BCUT2D eigenvalue weighted by Gasteiger charge is 2.34. The molecule has 1 aromatic heterocycles. The number of amides is 2. The van der Waals surface area contributed by atoms with Gasteiger partial charge in [-0.3, -0.25) is 9.59 Å². The van der Waals surface area contributed by atoms with Crippen LogP contribution in [0.15, 0.2) is 22.8 Å². The Hall–Kier alpha value is -1.83. The van der Waals surface area contributed by atoms with Crippen LogP contribution in [-0.2, 0) is 14.6 Å². The van der Waals surface area contributed by atoms with Gasteiger partial charge in [-0.1, -0.05) is 13.3 Å². The van der Waals surface area contributed by atoms with Crippen LogP contribution in [0.3, 0.4) is 0 Å². The molecule has 0 aromatic carbocycles. The quantitative estimate of drug-likeness (QED) is 0.755. The second-order valence-corrected chi connectivity index (χ2v) is 8.21. The van der Waals surface area contributed by atoms with Crippen molar-refractivity contribution in [1.82, 2.24) is 10.2 Å². The largest absolute Gasteiger partial charge is 0.459 e. The Bertz CT molecular complexity index is 654. The minimum Gasteiger partial charge on any atom is -0.459 e. The zero-order valence-corrected chi connectivity index (χ0v) is 14.7. The number of rotatable bonds is 8. The number of hydrogen-bond acceptors (Lipinski definition) is 5. The van der Waals surface area contributed by atoms with Gasteiger partial charge in [0.1, 0.15) is 0 Å². The van der Waals surface area contributed by atoms with Crippen molar-refractivity contribution in [2.24, 2.45) is 0 Å². The molecule has 1 aromatic rings. The van der Waals surface area contributed by atoms with E-state index in [-0.39, 0.29) is 48.1 Å². The molecule has 7 nitrogen and oxygen atoms in total. The van der Waals surface area contributed by atoms with Gasteiger partial charge in [0.15, 0.2) is 15.6 Å². The van der Waals surface area contributed by atoms with E-state index >= 15 is 0 Å². The van der Waals surface area contributed by atoms with Crippen molar-refractivity contribution in [3.8, 4) is 0 Å². The Kier molecular flexibility index (Phi) is 6.42. The van der Waals surface area contributed by atoms with Crippen LogP contribution in [0.2, 0.25) is 0 Å². The normalized spacial score (nSPS) is 19.1. The molecular formula is C16H24N2O5S. The van der Waals surface area contributed by atoms with Gasteiger partial charge >= 0.3 is 0 Å². The Balaban J connectivity index is 1.87. The average Bonchev–Trinajstić information content (AvgIpc) is 3.17. The maximum absolute atomic E-state index is 12.5. The third-order valence-electron chi connectivity index (χ3n) is 4.09. The van der Waals surface area contributed by atoms with Gasteiger partial charge in [-0.25, -0.2) is 8.42 Å². The summed E-state index contributed by atoms with van der Waals surface area (Å²) >= 11 is 0. The molecule has 0 saturated carbocycles. The molecule has 1 N–H and O–H groups in total. The average molecular weight is 356 g/mol. The second kappa shape index (κ2) is 8.32. The Labute approximate surface area is 142 Å². The molecule has 0 radical (unpaired) electrons. The summed E-state index contributed by atoms with van der Waals surface area (Å²) in [5.41, 5.74) is 0. The third-order valence-corrected chi connectivity index (χ3v) is 5.84. The summed E-state index contributed by atoms with van der Waals surface area (Å²) in [6.07, 6.45) is 3.82. The summed E-state index contributed by atoms with van der Waals surface area (Å²) in [7, 11) is -3.04. The van der Waals surface area contributed by atoms with Gasteiger partial charge in [-0.15, -0.1) is 0 Å². The highest BCUT2D eigenvalue weighted by molar-refractivity contribution is 7.91. The number of nitrogens with zero attached hydrogens (tertiary/aromatic N) is 1. The molecule has 0 aliphatic carbocycles. The molecule has 2 rings (SSSR count). The van der Waals surface area contributed by atoms with Gasteiger partial charge in [-0.05, 0) is 25.0 Å². The summed E-state index contributed by atoms with van der Waals surface area (Å²) < 4.78 is 28.3. The zero-order valence-electron chi connectivity index (χ0n) is 13.9. The van der Waals surface area contributed by atoms with Gasteiger partial charge in [0.25, 0.3) is 5.91 Å². The lowest BCUT2D eigenvalue weighted by atomic mass is 10.1. The van der Waals surface area contributed by atoms with E-state index < -0.39 is 9.84 Å². The van der Waals surface area contributed by atoms with Crippen LogP contribution in [0.25, 0.3) is 0 Å². The van der Waals surface area contributed by atoms with Crippen molar-refractivity contribution in [3.05, 3.63) is 24.2 Å². The number of hydrogen-bond donors (Lipinski definition) is 1. The van der Waals surface area contributed by atoms with Crippen LogP contribution in [0, 0.1) is 0 Å². The first-order valence-corrected chi connectivity index (χ1v) is 10.1. The molecule has 2 heterocycles. The highest BCUT2D eigenvalue weighted by atomic mass is 32.2. The van der Waals surface area contributed by atoms with Crippen molar-refractivity contribution in [3.63, 3.8) is 0 Å². The number of carbonyl (C=O) groups excluding carboxylic acids is 2. The summed E-state index contributed by atoms with van der Waals surface area (Å²) in [5.74, 6) is -0.0990. The fourth-order valence-electron chi connectivity index (χ4n) is 2.78. The summed E-state index contributed by atoms with van der Waals surface area (Å²) in [5, 5.41) is 2.64. The van der Waals surface area contributed by atoms with Gasteiger partial charge in [0.05, 0.1) is 17.8 Å². The Morgan fingerprint density at radius 2 is 2.21 bits per heavy atom. The molecule has 1 aliphatic rings. The Morgan fingerprint density at radius 3 is 2.79 bits per heavy atom. The maximum Gasteiger partial charge on any atom is 0.286 e. The first kappa shape index (κ1) is 18.5. The van der Waals surface area contributed by atoms with Gasteiger partial charge in [0, 0.05) is 25.6 Å². The van der Waals surface area contributed by atoms with E-state index in [1.54, 1.807) is 17.0 Å². The lowest BCUT2D eigenvalue weighted by Crippen LogP contribution is -2.43. The first-order valence-electron chi connectivity index (χ1n) is 8.24. The van der Waals surface area contributed by atoms with Crippen molar-refractivity contribution in [1.29, 1.82) is 0 Å². The highest BCUT2D eigenvalue weighted by Crippen LogP contribution is 2.19. The third kappa shape index (κ3) is 5.09. The van der Waals surface area contributed by atoms with Crippen LogP contribution in [-0.4, -0.2) is 55.8 Å². The second-order valence-electron chi connectivity index (χ2n) is 5.98. The molecule has 2 amide bonds. The van der Waals surface area contributed by atoms with E-state index in [0.29, 0.717) is 13.0 Å². The molecule has 1 unspecified atom stereocenters. The van der Waals surface area contributed by atoms with Crippen LogP contribution in [0.1, 0.15) is 43.2 Å². The van der Waals surface area contributed by atoms with Crippen molar-refractivity contribution in [2.45, 2.75) is 38.6 Å². The molecule has 24 heavy (non-hydrogen) atoms. The summed E-state index contributed by atoms with van der Waals surface area (Å²) in [4.78, 5) is 25.9. The molecule has 0 bridgehead atoms. The smallest absolute Gasteiger partial charge is 0.286 e. The molecule has 1 fully saturated rings. The van der Waals surface area contributed by atoms with Gasteiger partial charge < -0.3 is 14.6 Å². The number of carbonyl (C=O) groups is 2. The first-order chi connectivity index (χ1) is 11.4. The van der Waals surface area contributed by atoms with E-state index in [4.69, 9.17) is 4.42 Å². The van der Waals surface area contributed by atoms with E-state index in [1.807, 2.05) is 6.92 Å². The maximum atomic E-state index is 12.5. The standard InChI is InChI=1S/C16H24N2O5S/c1-2-3-9-18(13-7-11-24(21,22)12-13)15(19)6-8-17-16(20)14-5-4-10-23-14/h4-5,10,13H,2-3,6-9,11-12H2,1H3,(H,17,20). The molecule has 8 heteroatoms. The molecule has 1 aliphatic heterocycles. The number of unbranched alkanes of at least 4 members (excludes halogenated alkanes) is 1. The topological polar surface area (TPSA) is 96.7 Å². The number of furan rings is 1. The van der Waals surface area contributed by atoms with Gasteiger partial charge in [-0.2, -0.15) is 0 Å². The summed E-state index contributed by atoms with van der Waals surface area (Å²) in [6.45, 7) is 2.78. The fraction of sp³-hybridized carbons (Fsp3) is 0.625. The van der Waals surface area contributed by atoms with E-state index in [2.05, 4.69) is 5.32 Å². The lowest BCUT2D eigenvalue weighted by Gasteiger charge is -2.28. The van der Waals surface area contributed by atoms with Crippen LogP contribution >= 0.6 is 0 Å². The zero-order chi connectivity index (χ0) is 17.6. The minimum absolute atomic E-state index is 0.0429.